The number of amides is 1. The van der Waals surface area contributed by atoms with Crippen LogP contribution < -0.4 is 0 Å². The molecule has 8 heteroatoms. The molecule has 3 rings (SSSR count). The second-order valence-electron chi connectivity index (χ2n) is 6.51. The van der Waals surface area contributed by atoms with Crippen LogP contribution in [-0.4, -0.2) is 37.0 Å². The van der Waals surface area contributed by atoms with Crippen molar-refractivity contribution < 1.29 is 28.3 Å². The zero-order valence-electron chi connectivity index (χ0n) is 16.2. The summed E-state index contributed by atoms with van der Waals surface area (Å²) < 4.78 is 15.1. The summed E-state index contributed by atoms with van der Waals surface area (Å²) in [5.74, 6) is -1.42. The van der Waals surface area contributed by atoms with Crippen LogP contribution in [0.15, 0.2) is 52.1 Å². The summed E-state index contributed by atoms with van der Waals surface area (Å²) in [6.07, 6.45) is 0.0517. The van der Waals surface area contributed by atoms with Gasteiger partial charge in [0, 0.05) is 23.1 Å². The Morgan fingerprint density at radius 2 is 1.83 bits per heavy atom. The van der Waals surface area contributed by atoms with Gasteiger partial charge in [-0.1, -0.05) is 29.8 Å². The summed E-state index contributed by atoms with van der Waals surface area (Å²) in [4.78, 5) is 38.5. The number of esters is 2. The smallest absolute Gasteiger partial charge is 0.373 e. The normalized spacial score (nSPS) is 16.8. The van der Waals surface area contributed by atoms with Gasteiger partial charge in [0.2, 0.25) is 11.7 Å². The van der Waals surface area contributed by atoms with Crippen LogP contribution in [0.5, 0.6) is 0 Å². The number of carbonyl (C=O) groups excluding carboxylic acids is 3. The number of ether oxygens (including phenoxy) is 2. The first kappa shape index (κ1) is 20.7. The molecule has 0 saturated carbocycles. The molecule has 152 valence electrons. The summed E-state index contributed by atoms with van der Waals surface area (Å²) in [6.45, 7) is 1.74. The molecule has 0 spiro atoms. The Hall–Kier alpha value is -3.06. The van der Waals surface area contributed by atoms with Crippen molar-refractivity contribution in [1.82, 2.24) is 4.90 Å². The maximum absolute atomic E-state index is 12.9. The fourth-order valence-corrected chi connectivity index (χ4v) is 3.70. The highest BCUT2D eigenvalue weighted by Gasteiger charge is 2.37. The molecule has 0 aliphatic carbocycles. The topological polar surface area (TPSA) is 86.1 Å². The maximum atomic E-state index is 12.9. The first-order valence-electron chi connectivity index (χ1n) is 8.88. The second-order valence-corrected chi connectivity index (χ2v) is 6.91. The van der Waals surface area contributed by atoms with Gasteiger partial charge in [-0.15, -0.1) is 0 Å². The minimum atomic E-state index is -0.609. The fourth-order valence-electron chi connectivity index (χ4n) is 3.43. The van der Waals surface area contributed by atoms with Gasteiger partial charge in [0.05, 0.1) is 26.3 Å². The zero-order chi connectivity index (χ0) is 21.1. The number of hydrogen-bond donors (Lipinski definition) is 0. The number of allylic oxidation sites excluding steroid dienone is 1. The Bertz CT molecular complexity index is 993. The van der Waals surface area contributed by atoms with Crippen LogP contribution in [0.2, 0.25) is 5.02 Å². The van der Waals surface area contributed by atoms with Gasteiger partial charge in [-0.25, -0.2) is 9.59 Å². The molecule has 0 bridgehead atoms. The Labute approximate surface area is 172 Å². The number of carbonyl (C=O) groups is 3. The van der Waals surface area contributed by atoms with Gasteiger partial charge in [0.15, 0.2) is 0 Å². The molecule has 0 saturated heterocycles. The fraction of sp³-hybridized carbons (Fsp3) is 0.286. The molecular formula is C21H20ClNO6. The van der Waals surface area contributed by atoms with Crippen molar-refractivity contribution in [1.29, 1.82) is 0 Å². The summed E-state index contributed by atoms with van der Waals surface area (Å²) >= 11 is 6.32. The maximum Gasteiger partial charge on any atom is 0.373 e. The minimum absolute atomic E-state index is 0.0377. The minimum Gasteiger partial charge on any atom is -0.466 e. The Morgan fingerprint density at radius 1 is 1.14 bits per heavy atom. The van der Waals surface area contributed by atoms with E-state index in [0.717, 1.165) is 0 Å². The Kier molecular flexibility index (Phi) is 6.08. The van der Waals surface area contributed by atoms with Crippen LogP contribution >= 0.6 is 11.6 Å². The molecule has 0 radical (unpaired) electrons. The van der Waals surface area contributed by atoms with Gasteiger partial charge in [-0.2, -0.15) is 0 Å². The van der Waals surface area contributed by atoms with E-state index in [1.54, 1.807) is 37.3 Å². The molecule has 0 unspecified atom stereocenters. The average Bonchev–Trinajstić information content (AvgIpc) is 3.18. The highest BCUT2D eigenvalue weighted by molar-refractivity contribution is 6.31. The zero-order valence-corrected chi connectivity index (χ0v) is 17.0. The summed E-state index contributed by atoms with van der Waals surface area (Å²) in [5.41, 5.74) is 1.50. The third kappa shape index (κ3) is 4.05. The van der Waals surface area contributed by atoms with E-state index in [9.17, 15) is 14.4 Å². The number of furan rings is 1. The standard InChI is InChI=1S/C21H20ClNO6/c1-12-19(21(26)28-3)15(14-6-4-5-7-16(14)22)10-18(24)23(12)11-13-8-9-17(29-13)20(25)27-2/h4-9,15H,10-11H2,1-3H3/t15-/m0/s1. The molecule has 1 atom stereocenters. The van der Waals surface area contributed by atoms with Crippen LogP contribution in [0.1, 0.15) is 41.1 Å². The molecule has 1 aromatic carbocycles. The molecule has 2 heterocycles. The summed E-state index contributed by atoms with van der Waals surface area (Å²) in [6, 6.07) is 10.2. The van der Waals surface area contributed by atoms with Gasteiger partial charge in [0.1, 0.15) is 5.76 Å². The van der Waals surface area contributed by atoms with E-state index in [1.165, 1.54) is 25.2 Å². The summed E-state index contributed by atoms with van der Waals surface area (Å²) in [5, 5.41) is 0.474. The largest absolute Gasteiger partial charge is 0.466 e. The van der Waals surface area contributed by atoms with Crippen LogP contribution in [-0.2, 0) is 25.6 Å². The van der Waals surface area contributed by atoms with Crippen LogP contribution in [0, 0.1) is 0 Å². The third-order valence-electron chi connectivity index (χ3n) is 4.87. The number of hydrogen-bond acceptors (Lipinski definition) is 6. The van der Waals surface area contributed by atoms with Crippen molar-refractivity contribution in [3.63, 3.8) is 0 Å². The van der Waals surface area contributed by atoms with E-state index >= 15 is 0 Å². The van der Waals surface area contributed by atoms with Crippen LogP contribution in [0.25, 0.3) is 0 Å². The van der Waals surface area contributed by atoms with Gasteiger partial charge in [0.25, 0.3) is 0 Å². The molecule has 0 fully saturated rings. The molecule has 29 heavy (non-hydrogen) atoms. The lowest BCUT2D eigenvalue weighted by atomic mass is 9.83. The quantitative estimate of drug-likeness (QED) is 0.690. The molecular weight excluding hydrogens is 398 g/mol. The lowest BCUT2D eigenvalue weighted by Crippen LogP contribution is -2.37. The molecule has 7 nitrogen and oxygen atoms in total. The van der Waals surface area contributed by atoms with E-state index < -0.39 is 17.9 Å². The van der Waals surface area contributed by atoms with Crippen molar-refractivity contribution in [3.05, 3.63) is 69.8 Å². The van der Waals surface area contributed by atoms with Crippen molar-refractivity contribution in [3.8, 4) is 0 Å². The highest BCUT2D eigenvalue weighted by atomic mass is 35.5. The van der Waals surface area contributed by atoms with Crippen molar-refractivity contribution in [2.24, 2.45) is 0 Å². The van der Waals surface area contributed by atoms with Gasteiger partial charge in [-0.05, 0) is 30.7 Å². The third-order valence-corrected chi connectivity index (χ3v) is 5.22. The monoisotopic (exact) mass is 417 g/mol. The number of nitrogens with zero attached hydrogens (tertiary/aromatic N) is 1. The Balaban J connectivity index is 1.99. The van der Waals surface area contributed by atoms with E-state index in [0.29, 0.717) is 27.6 Å². The van der Waals surface area contributed by atoms with E-state index in [-0.39, 0.29) is 24.6 Å². The van der Waals surface area contributed by atoms with Crippen molar-refractivity contribution in [2.75, 3.05) is 14.2 Å². The molecule has 0 N–H and O–H groups in total. The van der Waals surface area contributed by atoms with Gasteiger partial charge < -0.3 is 18.8 Å². The molecule has 2 aromatic rings. The van der Waals surface area contributed by atoms with Crippen molar-refractivity contribution in [2.45, 2.75) is 25.8 Å². The predicted molar refractivity (Wildman–Crippen MR) is 104 cm³/mol. The highest BCUT2D eigenvalue weighted by Crippen LogP contribution is 2.40. The molecule has 1 amide bonds. The molecule has 1 aliphatic heterocycles. The number of halogens is 1. The summed E-state index contributed by atoms with van der Waals surface area (Å²) in [7, 11) is 2.55. The van der Waals surface area contributed by atoms with Crippen LogP contribution in [0.3, 0.4) is 0 Å². The lowest BCUT2D eigenvalue weighted by molar-refractivity contribution is -0.138. The van der Waals surface area contributed by atoms with Gasteiger partial charge >= 0.3 is 11.9 Å². The number of methoxy groups -OCH3 is 2. The van der Waals surface area contributed by atoms with Crippen molar-refractivity contribution >= 4 is 29.4 Å². The molecule has 1 aromatic heterocycles. The lowest BCUT2D eigenvalue weighted by Gasteiger charge is -2.34. The first-order chi connectivity index (χ1) is 13.9. The van der Waals surface area contributed by atoms with E-state index in [1.807, 2.05) is 0 Å². The Morgan fingerprint density at radius 3 is 2.48 bits per heavy atom. The molecule has 1 aliphatic rings. The predicted octanol–water partition coefficient (Wildman–Crippen LogP) is 3.68. The van der Waals surface area contributed by atoms with Gasteiger partial charge in [-0.3, -0.25) is 4.79 Å². The van der Waals surface area contributed by atoms with Crippen LogP contribution in [0.4, 0.5) is 0 Å². The van der Waals surface area contributed by atoms with E-state index in [2.05, 4.69) is 4.74 Å². The average molecular weight is 418 g/mol. The van der Waals surface area contributed by atoms with E-state index in [4.69, 9.17) is 20.8 Å². The first-order valence-corrected chi connectivity index (χ1v) is 9.26. The number of benzene rings is 1. The number of rotatable bonds is 5. The SMILES string of the molecule is COC(=O)C1=C(C)N(Cc2ccc(C(=O)OC)o2)C(=O)C[C@H]1c1ccccc1Cl. The second kappa shape index (κ2) is 8.53.